The highest BCUT2D eigenvalue weighted by Gasteiger charge is 2.30. The molecular formula is C14H16BrN3. The first kappa shape index (κ1) is 11.8. The molecule has 0 radical (unpaired) electrons. The smallest absolute Gasteiger partial charge is 0.148 e. The maximum atomic E-state index is 4.34. The minimum atomic E-state index is 0.559. The number of anilines is 1. The van der Waals surface area contributed by atoms with Gasteiger partial charge in [-0.15, -0.1) is 0 Å². The highest BCUT2D eigenvalue weighted by Crippen LogP contribution is 2.38. The van der Waals surface area contributed by atoms with Crippen molar-refractivity contribution in [3.63, 3.8) is 0 Å². The lowest BCUT2D eigenvalue weighted by molar-refractivity contribution is 0.373. The van der Waals surface area contributed by atoms with Crippen molar-refractivity contribution < 1.29 is 0 Å². The highest BCUT2D eigenvalue weighted by atomic mass is 79.9. The van der Waals surface area contributed by atoms with Gasteiger partial charge in [-0.25, -0.2) is 0 Å². The van der Waals surface area contributed by atoms with Crippen molar-refractivity contribution in [1.82, 2.24) is 9.78 Å². The largest absolute Gasteiger partial charge is 0.366 e. The number of nitrogens with zero attached hydrogens (tertiary/aromatic N) is 2. The lowest BCUT2D eigenvalue weighted by atomic mass is 9.76. The van der Waals surface area contributed by atoms with Crippen LogP contribution in [0.1, 0.15) is 24.3 Å². The Morgan fingerprint density at radius 2 is 2.17 bits per heavy atom. The van der Waals surface area contributed by atoms with Crippen molar-refractivity contribution >= 4 is 21.7 Å². The van der Waals surface area contributed by atoms with Crippen LogP contribution in [0.2, 0.25) is 0 Å². The number of aryl methyl sites for hydroxylation is 1. The van der Waals surface area contributed by atoms with Gasteiger partial charge in [-0.05, 0) is 36.5 Å². The third-order valence-electron chi connectivity index (χ3n) is 3.52. The van der Waals surface area contributed by atoms with E-state index in [9.17, 15) is 0 Å². The van der Waals surface area contributed by atoms with E-state index in [4.69, 9.17) is 0 Å². The van der Waals surface area contributed by atoms with E-state index in [0.29, 0.717) is 12.0 Å². The number of nitrogens with one attached hydrogen (secondary N) is 1. The molecule has 1 fully saturated rings. The summed E-state index contributed by atoms with van der Waals surface area (Å²) in [4.78, 5) is 0. The second-order valence-corrected chi connectivity index (χ2v) is 5.85. The lowest BCUT2D eigenvalue weighted by Crippen LogP contribution is -2.34. The molecule has 4 heteroatoms. The lowest BCUT2D eigenvalue weighted by Gasteiger charge is -2.36. The first-order chi connectivity index (χ1) is 8.70. The molecule has 0 aliphatic heterocycles. The molecule has 1 saturated carbocycles. The SMILES string of the molecule is Cn1ccc(NC2CC(c3cccc(Br)c3)C2)n1. The quantitative estimate of drug-likeness (QED) is 0.940. The Bertz CT molecular complexity index is 543. The van der Waals surface area contributed by atoms with Crippen molar-refractivity contribution in [1.29, 1.82) is 0 Å². The standard InChI is InChI=1S/C14H16BrN3/c1-18-6-5-14(17-18)16-13-8-11(9-13)10-3-2-4-12(15)7-10/h2-7,11,13H,8-9H2,1H3,(H,16,17). The zero-order valence-corrected chi connectivity index (χ0v) is 11.9. The molecule has 3 rings (SSSR count). The van der Waals surface area contributed by atoms with E-state index in [2.05, 4.69) is 50.6 Å². The van der Waals surface area contributed by atoms with Crippen molar-refractivity contribution in [2.75, 3.05) is 5.32 Å². The van der Waals surface area contributed by atoms with Gasteiger partial charge < -0.3 is 5.32 Å². The number of benzene rings is 1. The molecule has 1 heterocycles. The van der Waals surface area contributed by atoms with E-state index in [1.54, 1.807) is 0 Å². The van der Waals surface area contributed by atoms with Crippen molar-refractivity contribution in [2.24, 2.45) is 7.05 Å². The average molecular weight is 306 g/mol. The molecule has 94 valence electrons. The second kappa shape index (κ2) is 4.76. The van der Waals surface area contributed by atoms with E-state index in [1.165, 1.54) is 22.9 Å². The van der Waals surface area contributed by atoms with Crippen LogP contribution in [0.25, 0.3) is 0 Å². The molecule has 0 saturated heterocycles. The molecule has 1 aliphatic carbocycles. The van der Waals surface area contributed by atoms with E-state index in [1.807, 2.05) is 24.0 Å². The van der Waals surface area contributed by atoms with Crippen molar-refractivity contribution in [3.05, 3.63) is 46.6 Å². The van der Waals surface area contributed by atoms with Crippen LogP contribution in [0.3, 0.4) is 0 Å². The average Bonchev–Trinajstić information content (AvgIpc) is 2.69. The predicted octanol–water partition coefficient (Wildman–Crippen LogP) is 3.54. The van der Waals surface area contributed by atoms with Crippen LogP contribution in [-0.2, 0) is 7.05 Å². The first-order valence-electron chi connectivity index (χ1n) is 6.22. The normalized spacial score (nSPS) is 22.6. The summed E-state index contributed by atoms with van der Waals surface area (Å²) < 4.78 is 2.99. The van der Waals surface area contributed by atoms with Crippen LogP contribution in [0, 0.1) is 0 Å². The molecular weight excluding hydrogens is 290 g/mol. The summed E-state index contributed by atoms with van der Waals surface area (Å²) in [5.74, 6) is 1.67. The fraction of sp³-hybridized carbons (Fsp3) is 0.357. The Kier molecular flexibility index (Phi) is 3.12. The van der Waals surface area contributed by atoms with E-state index >= 15 is 0 Å². The molecule has 1 aromatic heterocycles. The molecule has 0 atom stereocenters. The van der Waals surface area contributed by atoms with Crippen LogP contribution in [0.15, 0.2) is 41.0 Å². The van der Waals surface area contributed by atoms with E-state index in [0.717, 1.165) is 5.82 Å². The van der Waals surface area contributed by atoms with Gasteiger partial charge in [0, 0.05) is 29.8 Å². The maximum Gasteiger partial charge on any atom is 0.148 e. The summed E-state index contributed by atoms with van der Waals surface area (Å²) in [6.45, 7) is 0. The topological polar surface area (TPSA) is 29.9 Å². The van der Waals surface area contributed by atoms with Gasteiger partial charge in [0.1, 0.15) is 5.82 Å². The zero-order valence-electron chi connectivity index (χ0n) is 10.3. The molecule has 1 aliphatic rings. The van der Waals surface area contributed by atoms with E-state index in [-0.39, 0.29) is 0 Å². The molecule has 0 spiro atoms. The first-order valence-corrected chi connectivity index (χ1v) is 7.01. The molecule has 1 aromatic carbocycles. The minimum Gasteiger partial charge on any atom is -0.366 e. The summed E-state index contributed by atoms with van der Waals surface area (Å²) in [6.07, 6.45) is 4.34. The molecule has 0 amide bonds. The number of hydrogen-bond acceptors (Lipinski definition) is 2. The summed E-state index contributed by atoms with van der Waals surface area (Å²) >= 11 is 3.53. The molecule has 1 N–H and O–H groups in total. The van der Waals surface area contributed by atoms with Gasteiger partial charge in [0.15, 0.2) is 0 Å². The third kappa shape index (κ3) is 2.43. The van der Waals surface area contributed by atoms with E-state index < -0.39 is 0 Å². The second-order valence-electron chi connectivity index (χ2n) is 4.94. The van der Waals surface area contributed by atoms with Crippen LogP contribution < -0.4 is 5.32 Å². The van der Waals surface area contributed by atoms with Crippen molar-refractivity contribution in [3.8, 4) is 0 Å². The Morgan fingerprint density at radius 3 is 2.83 bits per heavy atom. The fourth-order valence-electron chi connectivity index (χ4n) is 2.47. The molecule has 0 unspecified atom stereocenters. The summed E-state index contributed by atoms with van der Waals surface area (Å²) in [6, 6.07) is 11.2. The van der Waals surface area contributed by atoms with Crippen LogP contribution in [0.4, 0.5) is 5.82 Å². The Labute approximate surface area is 115 Å². The molecule has 2 aromatic rings. The van der Waals surface area contributed by atoms with Gasteiger partial charge in [0.2, 0.25) is 0 Å². The number of hydrogen-bond donors (Lipinski definition) is 1. The van der Waals surface area contributed by atoms with Gasteiger partial charge >= 0.3 is 0 Å². The molecule has 18 heavy (non-hydrogen) atoms. The van der Waals surface area contributed by atoms with Crippen molar-refractivity contribution in [2.45, 2.75) is 24.8 Å². The number of halogens is 1. The number of rotatable bonds is 3. The monoisotopic (exact) mass is 305 g/mol. The maximum absolute atomic E-state index is 4.34. The van der Waals surface area contributed by atoms with Crippen LogP contribution in [0.5, 0.6) is 0 Å². The Hall–Kier alpha value is -1.29. The minimum absolute atomic E-state index is 0.559. The molecule has 3 nitrogen and oxygen atoms in total. The summed E-state index contributed by atoms with van der Waals surface area (Å²) in [7, 11) is 1.94. The van der Waals surface area contributed by atoms with Gasteiger partial charge in [-0.1, -0.05) is 28.1 Å². The van der Waals surface area contributed by atoms with Crippen LogP contribution >= 0.6 is 15.9 Å². The van der Waals surface area contributed by atoms with Gasteiger partial charge in [0.05, 0.1) is 0 Å². The highest BCUT2D eigenvalue weighted by molar-refractivity contribution is 9.10. The Morgan fingerprint density at radius 1 is 1.33 bits per heavy atom. The van der Waals surface area contributed by atoms with Gasteiger partial charge in [-0.2, -0.15) is 5.10 Å². The summed E-state index contributed by atoms with van der Waals surface area (Å²) in [5.41, 5.74) is 1.43. The van der Waals surface area contributed by atoms with Gasteiger partial charge in [0.25, 0.3) is 0 Å². The predicted molar refractivity (Wildman–Crippen MR) is 76.7 cm³/mol. The summed E-state index contributed by atoms with van der Waals surface area (Å²) in [5, 5.41) is 7.81. The zero-order chi connectivity index (χ0) is 12.5. The molecule has 0 bridgehead atoms. The van der Waals surface area contributed by atoms with Crippen LogP contribution in [-0.4, -0.2) is 15.8 Å². The fourth-order valence-corrected chi connectivity index (χ4v) is 2.89. The van der Waals surface area contributed by atoms with Gasteiger partial charge in [-0.3, -0.25) is 4.68 Å². The third-order valence-corrected chi connectivity index (χ3v) is 4.02. The Balaban J connectivity index is 1.57. The number of aromatic nitrogens is 2.